The molecule has 2 nitrogen and oxygen atoms in total. The van der Waals surface area contributed by atoms with Gasteiger partial charge in [0.1, 0.15) is 0 Å². The smallest absolute Gasteiger partial charge is 0.223 e. The minimum absolute atomic E-state index is 0.0180. The fourth-order valence-corrected chi connectivity index (χ4v) is 2.77. The number of hydrogen-bond acceptors (Lipinski definition) is 1. The standard InChI is InChI=1S/C13H15Cl2NO/c1-9(11-4-2-3-5-12(11)15)16-8-10(7-14)6-13(16)17/h2-5,9-10H,6-8H2,1H3. The molecule has 0 saturated carbocycles. The van der Waals surface area contributed by atoms with Crippen LogP contribution in [0, 0.1) is 5.92 Å². The van der Waals surface area contributed by atoms with E-state index in [0.717, 1.165) is 12.1 Å². The largest absolute Gasteiger partial charge is 0.336 e. The maximum Gasteiger partial charge on any atom is 0.223 e. The average molecular weight is 272 g/mol. The molecule has 92 valence electrons. The van der Waals surface area contributed by atoms with Gasteiger partial charge >= 0.3 is 0 Å². The van der Waals surface area contributed by atoms with Crippen LogP contribution < -0.4 is 0 Å². The van der Waals surface area contributed by atoms with Crippen LogP contribution in [0.5, 0.6) is 0 Å². The number of alkyl halides is 1. The van der Waals surface area contributed by atoms with Crippen molar-refractivity contribution in [3.05, 3.63) is 34.9 Å². The molecule has 1 aliphatic heterocycles. The van der Waals surface area contributed by atoms with Crippen LogP contribution in [-0.2, 0) is 4.79 Å². The summed E-state index contributed by atoms with van der Waals surface area (Å²) in [6, 6.07) is 7.68. The van der Waals surface area contributed by atoms with E-state index in [1.807, 2.05) is 36.1 Å². The Morgan fingerprint density at radius 3 is 2.76 bits per heavy atom. The molecule has 2 atom stereocenters. The summed E-state index contributed by atoms with van der Waals surface area (Å²) in [4.78, 5) is 13.8. The van der Waals surface area contributed by atoms with Gasteiger partial charge in [0.15, 0.2) is 0 Å². The zero-order valence-corrected chi connectivity index (χ0v) is 11.2. The summed E-state index contributed by atoms with van der Waals surface area (Å²) in [5.41, 5.74) is 0.998. The van der Waals surface area contributed by atoms with Gasteiger partial charge in [-0.2, -0.15) is 0 Å². The second-order valence-electron chi connectivity index (χ2n) is 4.47. The number of carbonyl (C=O) groups is 1. The lowest BCUT2D eigenvalue weighted by Gasteiger charge is -2.25. The highest BCUT2D eigenvalue weighted by atomic mass is 35.5. The molecule has 1 aromatic carbocycles. The highest BCUT2D eigenvalue weighted by molar-refractivity contribution is 6.31. The van der Waals surface area contributed by atoms with E-state index in [9.17, 15) is 4.79 Å². The zero-order chi connectivity index (χ0) is 12.4. The van der Waals surface area contributed by atoms with E-state index in [1.54, 1.807) is 0 Å². The molecule has 1 heterocycles. The lowest BCUT2D eigenvalue weighted by Crippen LogP contribution is -2.28. The van der Waals surface area contributed by atoms with Gasteiger partial charge in [-0.3, -0.25) is 4.79 Å². The van der Waals surface area contributed by atoms with Crippen LogP contribution in [0.2, 0.25) is 5.02 Å². The summed E-state index contributed by atoms with van der Waals surface area (Å²) < 4.78 is 0. The van der Waals surface area contributed by atoms with Gasteiger partial charge in [-0.25, -0.2) is 0 Å². The molecule has 2 rings (SSSR count). The molecule has 0 aromatic heterocycles. The van der Waals surface area contributed by atoms with Crippen molar-refractivity contribution < 1.29 is 4.79 Å². The van der Waals surface area contributed by atoms with Crippen molar-refractivity contribution >= 4 is 29.1 Å². The van der Waals surface area contributed by atoms with Crippen molar-refractivity contribution in [2.75, 3.05) is 12.4 Å². The van der Waals surface area contributed by atoms with Gasteiger partial charge in [0.25, 0.3) is 0 Å². The minimum atomic E-state index is 0.0180. The topological polar surface area (TPSA) is 20.3 Å². The number of carbonyl (C=O) groups excluding carboxylic acids is 1. The number of halogens is 2. The molecule has 0 aliphatic carbocycles. The molecule has 1 amide bonds. The fourth-order valence-electron chi connectivity index (χ4n) is 2.27. The van der Waals surface area contributed by atoms with Crippen LogP contribution in [0.15, 0.2) is 24.3 Å². The van der Waals surface area contributed by atoms with E-state index in [4.69, 9.17) is 23.2 Å². The first-order valence-corrected chi connectivity index (χ1v) is 6.64. The van der Waals surface area contributed by atoms with Gasteiger partial charge < -0.3 is 4.90 Å². The van der Waals surface area contributed by atoms with Crippen molar-refractivity contribution in [1.29, 1.82) is 0 Å². The Bertz CT molecular complexity index is 422. The molecule has 17 heavy (non-hydrogen) atoms. The lowest BCUT2D eigenvalue weighted by molar-refractivity contribution is -0.129. The SMILES string of the molecule is CC(c1ccccc1Cl)N1CC(CCl)CC1=O. The first-order chi connectivity index (χ1) is 8.13. The monoisotopic (exact) mass is 271 g/mol. The quantitative estimate of drug-likeness (QED) is 0.771. The molecule has 1 aromatic rings. The first-order valence-electron chi connectivity index (χ1n) is 5.73. The first kappa shape index (κ1) is 12.7. The van der Waals surface area contributed by atoms with E-state index >= 15 is 0 Å². The predicted molar refractivity (Wildman–Crippen MR) is 70.4 cm³/mol. The van der Waals surface area contributed by atoms with Gasteiger partial charge in [0.05, 0.1) is 6.04 Å². The van der Waals surface area contributed by atoms with E-state index in [2.05, 4.69) is 0 Å². The van der Waals surface area contributed by atoms with Crippen LogP contribution in [0.1, 0.15) is 24.9 Å². The van der Waals surface area contributed by atoms with Gasteiger partial charge in [0, 0.05) is 23.9 Å². The Kier molecular flexibility index (Phi) is 3.95. The molecule has 0 bridgehead atoms. The van der Waals surface area contributed by atoms with Crippen LogP contribution in [0.3, 0.4) is 0 Å². The maximum absolute atomic E-state index is 11.9. The van der Waals surface area contributed by atoms with Crippen molar-refractivity contribution in [3.63, 3.8) is 0 Å². The number of benzene rings is 1. The summed E-state index contributed by atoms with van der Waals surface area (Å²) in [5.74, 6) is 0.981. The maximum atomic E-state index is 11.9. The second kappa shape index (κ2) is 5.28. The predicted octanol–water partition coefficient (Wildman–Crippen LogP) is 3.49. The third kappa shape index (κ3) is 2.58. The highest BCUT2D eigenvalue weighted by Gasteiger charge is 2.33. The van der Waals surface area contributed by atoms with Crippen LogP contribution in [-0.4, -0.2) is 23.2 Å². The van der Waals surface area contributed by atoms with E-state index in [0.29, 0.717) is 17.3 Å². The van der Waals surface area contributed by atoms with Gasteiger partial charge in [0.2, 0.25) is 5.91 Å². The summed E-state index contributed by atoms with van der Waals surface area (Å²) in [7, 11) is 0. The highest BCUT2D eigenvalue weighted by Crippen LogP contribution is 2.32. The molecule has 2 unspecified atom stereocenters. The molecule has 4 heteroatoms. The number of hydrogen-bond donors (Lipinski definition) is 0. The molecular weight excluding hydrogens is 257 g/mol. The third-order valence-electron chi connectivity index (χ3n) is 3.28. The van der Waals surface area contributed by atoms with Crippen molar-refractivity contribution in [3.8, 4) is 0 Å². The fraction of sp³-hybridized carbons (Fsp3) is 0.462. The summed E-state index contributed by atoms with van der Waals surface area (Å²) in [6.45, 7) is 2.74. The van der Waals surface area contributed by atoms with Crippen molar-refractivity contribution in [2.45, 2.75) is 19.4 Å². The van der Waals surface area contributed by atoms with E-state index in [1.165, 1.54) is 0 Å². The van der Waals surface area contributed by atoms with Crippen LogP contribution in [0.25, 0.3) is 0 Å². The number of likely N-dealkylation sites (tertiary alicyclic amines) is 1. The number of rotatable bonds is 3. The molecular formula is C13H15Cl2NO. The summed E-state index contributed by atoms with van der Waals surface area (Å²) in [5, 5.41) is 0.710. The van der Waals surface area contributed by atoms with Gasteiger partial charge in [-0.05, 0) is 24.5 Å². The normalized spacial score (nSPS) is 21.9. The molecule has 0 N–H and O–H groups in total. The van der Waals surface area contributed by atoms with Crippen molar-refractivity contribution in [2.24, 2.45) is 5.92 Å². The van der Waals surface area contributed by atoms with E-state index < -0.39 is 0 Å². The Balaban J connectivity index is 2.18. The average Bonchev–Trinajstić information content (AvgIpc) is 2.70. The van der Waals surface area contributed by atoms with Gasteiger partial charge in [-0.15, -0.1) is 11.6 Å². The Morgan fingerprint density at radius 2 is 2.18 bits per heavy atom. The second-order valence-corrected chi connectivity index (χ2v) is 5.18. The zero-order valence-electron chi connectivity index (χ0n) is 9.70. The Labute approximate surface area is 112 Å². The van der Waals surface area contributed by atoms with E-state index in [-0.39, 0.29) is 17.9 Å². The van der Waals surface area contributed by atoms with Gasteiger partial charge in [-0.1, -0.05) is 29.8 Å². The molecule has 1 aliphatic rings. The number of amides is 1. The molecule has 1 saturated heterocycles. The van der Waals surface area contributed by atoms with Crippen LogP contribution in [0.4, 0.5) is 0 Å². The Morgan fingerprint density at radius 1 is 1.47 bits per heavy atom. The molecule has 1 fully saturated rings. The third-order valence-corrected chi connectivity index (χ3v) is 4.06. The molecule has 0 spiro atoms. The summed E-state index contributed by atoms with van der Waals surface area (Å²) in [6.07, 6.45) is 0.554. The lowest BCUT2D eigenvalue weighted by atomic mass is 10.1. The minimum Gasteiger partial charge on any atom is -0.336 e. The Hall–Kier alpha value is -0.730. The molecule has 0 radical (unpaired) electrons. The summed E-state index contributed by atoms with van der Waals surface area (Å²) >= 11 is 12.0. The number of nitrogens with zero attached hydrogens (tertiary/aromatic N) is 1. The van der Waals surface area contributed by atoms with Crippen LogP contribution >= 0.6 is 23.2 Å². The van der Waals surface area contributed by atoms with Crippen molar-refractivity contribution in [1.82, 2.24) is 4.90 Å².